The molecule has 5 unspecified atom stereocenters. The minimum atomic E-state index is -0.918. The summed E-state index contributed by atoms with van der Waals surface area (Å²) in [5, 5.41) is 0. The van der Waals surface area contributed by atoms with Crippen LogP contribution in [0.5, 0.6) is 0 Å². The summed E-state index contributed by atoms with van der Waals surface area (Å²) in [5.41, 5.74) is 7.77. The smallest absolute Gasteiger partial charge is 0.151 e. The van der Waals surface area contributed by atoms with E-state index in [9.17, 15) is 8.78 Å². The van der Waals surface area contributed by atoms with E-state index in [4.69, 9.17) is 10.5 Å². The van der Waals surface area contributed by atoms with Crippen molar-refractivity contribution in [1.82, 2.24) is 0 Å². The van der Waals surface area contributed by atoms with E-state index in [1.165, 1.54) is 0 Å². The van der Waals surface area contributed by atoms with Crippen LogP contribution < -0.4 is 5.73 Å². The minimum Gasteiger partial charge on any atom is -0.352 e. The van der Waals surface area contributed by atoms with Crippen LogP contribution in [0.1, 0.15) is 46.5 Å². The van der Waals surface area contributed by atoms with E-state index in [0.717, 1.165) is 17.7 Å². The molecule has 6 atom stereocenters. The summed E-state index contributed by atoms with van der Waals surface area (Å²) >= 11 is 0. The maximum Gasteiger partial charge on any atom is 0.151 e. The molecule has 3 nitrogen and oxygen atoms in total. The third-order valence-corrected chi connectivity index (χ3v) is 5.35. The van der Waals surface area contributed by atoms with Crippen LogP contribution in [0.4, 0.5) is 8.78 Å². The molecule has 0 bridgehead atoms. The van der Waals surface area contributed by atoms with Crippen molar-refractivity contribution in [3.8, 4) is 0 Å². The number of nitrogens with two attached hydrogens (primary N) is 1. The van der Waals surface area contributed by atoms with Crippen LogP contribution in [-0.2, 0) is 4.74 Å². The van der Waals surface area contributed by atoms with E-state index >= 15 is 0 Å². The van der Waals surface area contributed by atoms with E-state index in [1.807, 2.05) is 19.9 Å². The highest BCUT2D eigenvalue weighted by molar-refractivity contribution is 5.88. The van der Waals surface area contributed by atoms with Gasteiger partial charge in [0, 0.05) is 17.7 Å². The van der Waals surface area contributed by atoms with Gasteiger partial charge in [-0.2, -0.15) is 0 Å². The fraction of sp³-hybridized carbons (Fsp3) is 0.737. The number of rotatable bonds is 6. The van der Waals surface area contributed by atoms with Crippen LogP contribution in [-0.4, -0.2) is 30.8 Å². The Morgan fingerprint density at radius 3 is 2.79 bits per heavy atom. The predicted octanol–water partition coefficient (Wildman–Crippen LogP) is 4.34. The summed E-state index contributed by atoms with van der Waals surface area (Å²) in [6, 6.07) is -0.193. The molecule has 1 aliphatic carbocycles. The molecule has 0 fully saturated rings. The van der Waals surface area contributed by atoms with Crippen LogP contribution in [0.3, 0.4) is 0 Å². The van der Waals surface area contributed by atoms with Crippen molar-refractivity contribution in [1.29, 1.82) is 0 Å². The van der Waals surface area contributed by atoms with Gasteiger partial charge in [-0.3, -0.25) is 4.99 Å². The molecule has 1 aliphatic heterocycles. The molecule has 5 heteroatoms. The first-order valence-corrected chi connectivity index (χ1v) is 8.89. The zero-order valence-electron chi connectivity index (χ0n) is 15.0. The van der Waals surface area contributed by atoms with Crippen LogP contribution in [0.15, 0.2) is 29.0 Å². The van der Waals surface area contributed by atoms with Gasteiger partial charge in [0.1, 0.15) is 6.17 Å². The van der Waals surface area contributed by atoms with Crippen molar-refractivity contribution in [2.45, 2.75) is 64.9 Å². The molecule has 0 aromatic carbocycles. The lowest BCUT2D eigenvalue weighted by atomic mass is 9.79. The first-order chi connectivity index (χ1) is 11.3. The molecule has 136 valence electrons. The van der Waals surface area contributed by atoms with E-state index in [0.29, 0.717) is 25.2 Å². The van der Waals surface area contributed by atoms with Crippen molar-refractivity contribution in [2.24, 2.45) is 28.5 Å². The molecule has 1 heterocycles. The lowest BCUT2D eigenvalue weighted by molar-refractivity contribution is 0.00262. The maximum atomic E-state index is 14.0. The Morgan fingerprint density at radius 1 is 1.42 bits per heavy atom. The highest BCUT2D eigenvalue weighted by atomic mass is 19.1. The van der Waals surface area contributed by atoms with Crippen LogP contribution in [0.25, 0.3) is 0 Å². The second-order valence-corrected chi connectivity index (χ2v) is 7.34. The van der Waals surface area contributed by atoms with Gasteiger partial charge in [-0.25, -0.2) is 8.78 Å². The molecule has 2 N–H and O–H groups in total. The SMILES string of the molecule is C=C(F)CCC1C(C)C(OCC2=CC(C)CCC2F)N=C(C)[C@@H]1N. The Kier molecular flexibility index (Phi) is 6.70. The van der Waals surface area contributed by atoms with Gasteiger partial charge in [0.05, 0.1) is 12.4 Å². The van der Waals surface area contributed by atoms with Gasteiger partial charge in [0.15, 0.2) is 6.23 Å². The second-order valence-electron chi connectivity index (χ2n) is 7.34. The number of nitrogens with zero attached hydrogens (tertiary/aromatic N) is 1. The average Bonchev–Trinajstić information content (AvgIpc) is 2.52. The summed E-state index contributed by atoms with van der Waals surface area (Å²) in [7, 11) is 0. The van der Waals surface area contributed by atoms with Crippen LogP contribution >= 0.6 is 0 Å². The van der Waals surface area contributed by atoms with Gasteiger partial charge < -0.3 is 10.5 Å². The Hall–Kier alpha value is -1.07. The van der Waals surface area contributed by atoms with E-state index in [2.05, 4.69) is 18.5 Å². The number of halogens is 2. The molecular formula is C19H30F2N2O. The van der Waals surface area contributed by atoms with Gasteiger partial charge in [-0.05, 0) is 50.0 Å². The topological polar surface area (TPSA) is 47.6 Å². The third kappa shape index (κ3) is 4.73. The summed E-state index contributed by atoms with van der Waals surface area (Å²) in [6.45, 7) is 9.58. The van der Waals surface area contributed by atoms with Gasteiger partial charge in [0.2, 0.25) is 0 Å². The highest BCUT2D eigenvalue weighted by Crippen LogP contribution is 2.33. The quantitative estimate of drug-likeness (QED) is 0.731. The van der Waals surface area contributed by atoms with Crippen LogP contribution in [0.2, 0.25) is 0 Å². The predicted molar refractivity (Wildman–Crippen MR) is 94.3 cm³/mol. The third-order valence-electron chi connectivity index (χ3n) is 5.35. The highest BCUT2D eigenvalue weighted by Gasteiger charge is 2.36. The molecule has 24 heavy (non-hydrogen) atoms. The number of hydrogen-bond acceptors (Lipinski definition) is 3. The fourth-order valence-electron chi connectivity index (χ4n) is 3.68. The number of alkyl halides is 1. The lowest BCUT2D eigenvalue weighted by Gasteiger charge is -2.38. The standard InChI is InChI=1S/C19H30F2N2O/c1-11-5-8-17(21)15(9-11)10-24-19-13(3)16(7-6-12(2)20)18(22)14(4)23-19/h9,11,13,16-19H,2,5-8,10,22H2,1,3-4H3/t11?,13?,16?,17?,18-,19?/m0/s1. The number of ether oxygens (including phenoxy) is 1. The van der Waals surface area contributed by atoms with Gasteiger partial charge >= 0.3 is 0 Å². The normalized spacial score (nSPS) is 36.9. The number of aliphatic imine (C=N–C) groups is 1. The maximum absolute atomic E-state index is 14.0. The van der Waals surface area contributed by atoms with Crippen molar-refractivity contribution in [3.63, 3.8) is 0 Å². The van der Waals surface area contributed by atoms with Gasteiger partial charge in [-0.1, -0.05) is 26.5 Å². The van der Waals surface area contributed by atoms with Crippen molar-refractivity contribution in [2.75, 3.05) is 6.61 Å². The average molecular weight is 340 g/mol. The van der Waals surface area contributed by atoms with Crippen LogP contribution in [0, 0.1) is 17.8 Å². The first kappa shape index (κ1) is 19.3. The molecule has 0 saturated carbocycles. The molecule has 0 radical (unpaired) electrons. The van der Waals surface area contributed by atoms with E-state index in [1.54, 1.807) is 0 Å². The van der Waals surface area contributed by atoms with Crippen molar-refractivity contribution in [3.05, 3.63) is 24.1 Å². The molecule has 2 rings (SSSR count). The molecule has 0 amide bonds. The monoisotopic (exact) mass is 340 g/mol. The van der Waals surface area contributed by atoms with Crippen molar-refractivity contribution >= 4 is 5.71 Å². The largest absolute Gasteiger partial charge is 0.352 e. The molecule has 2 aliphatic rings. The fourth-order valence-corrected chi connectivity index (χ4v) is 3.68. The summed E-state index contributed by atoms with van der Waals surface area (Å²) in [6.07, 6.45) is 3.07. The van der Waals surface area contributed by atoms with E-state index < -0.39 is 6.17 Å². The first-order valence-electron chi connectivity index (χ1n) is 8.89. The zero-order valence-corrected chi connectivity index (χ0v) is 15.0. The summed E-state index contributed by atoms with van der Waals surface area (Å²) < 4.78 is 33.0. The number of allylic oxidation sites excluding steroid dienone is 2. The summed E-state index contributed by atoms with van der Waals surface area (Å²) in [5.74, 6) is 0.207. The zero-order chi connectivity index (χ0) is 17.9. The molecule has 0 saturated heterocycles. The number of hydrogen-bond donors (Lipinski definition) is 1. The van der Waals surface area contributed by atoms with Crippen molar-refractivity contribution < 1.29 is 13.5 Å². The Bertz CT molecular complexity index is 517. The van der Waals surface area contributed by atoms with E-state index in [-0.39, 0.29) is 36.5 Å². The lowest BCUT2D eigenvalue weighted by Crippen LogP contribution is -2.48. The van der Waals surface area contributed by atoms with Gasteiger partial charge in [0.25, 0.3) is 0 Å². The molecular weight excluding hydrogens is 310 g/mol. The summed E-state index contributed by atoms with van der Waals surface area (Å²) in [4.78, 5) is 4.55. The Morgan fingerprint density at radius 2 is 2.12 bits per heavy atom. The molecule has 0 spiro atoms. The van der Waals surface area contributed by atoms with Gasteiger partial charge in [-0.15, -0.1) is 0 Å². The Balaban J connectivity index is 2.02. The molecule has 0 aromatic rings. The second kappa shape index (κ2) is 8.34. The Labute approximate surface area is 144 Å². The minimum absolute atomic E-state index is 0.0581. The molecule has 0 aromatic heterocycles.